The van der Waals surface area contributed by atoms with Crippen molar-refractivity contribution in [2.45, 2.75) is 6.04 Å². The summed E-state index contributed by atoms with van der Waals surface area (Å²) in [5, 5.41) is 10.6. The van der Waals surface area contributed by atoms with Crippen LogP contribution >= 0.6 is 0 Å². The summed E-state index contributed by atoms with van der Waals surface area (Å²) >= 11 is 0. The van der Waals surface area contributed by atoms with E-state index in [2.05, 4.69) is 15.4 Å². The summed E-state index contributed by atoms with van der Waals surface area (Å²) in [6.45, 7) is 0. The van der Waals surface area contributed by atoms with Gasteiger partial charge < -0.3 is 4.74 Å². The van der Waals surface area contributed by atoms with E-state index in [1.807, 2.05) is 30.3 Å². The summed E-state index contributed by atoms with van der Waals surface area (Å²) in [6.07, 6.45) is 3.33. The first-order valence-corrected chi connectivity index (χ1v) is 6.47. The standard InChI is InChI=1S/C15H14N4O2/c1-21-13-8-5-9-19(15(13)20)14(12-10-16-18-17-12)11-6-3-2-4-7-11/h2-10,14H,1H3,(H,16,17,18). The maximum Gasteiger partial charge on any atom is 0.293 e. The maximum atomic E-state index is 12.5. The Morgan fingerprint density at radius 1 is 1.19 bits per heavy atom. The third-order valence-electron chi connectivity index (χ3n) is 3.27. The Balaban J connectivity index is 2.20. The summed E-state index contributed by atoms with van der Waals surface area (Å²) in [7, 11) is 1.48. The van der Waals surface area contributed by atoms with Gasteiger partial charge in [-0.25, -0.2) is 0 Å². The fourth-order valence-corrected chi connectivity index (χ4v) is 2.30. The highest BCUT2D eigenvalue weighted by atomic mass is 16.5. The lowest BCUT2D eigenvalue weighted by Crippen LogP contribution is -2.26. The van der Waals surface area contributed by atoms with Gasteiger partial charge in [0.1, 0.15) is 11.7 Å². The number of nitrogens with one attached hydrogen (secondary N) is 1. The van der Waals surface area contributed by atoms with Gasteiger partial charge in [0, 0.05) is 6.20 Å². The number of aromatic amines is 1. The molecule has 1 N–H and O–H groups in total. The molecule has 0 bridgehead atoms. The van der Waals surface area contributed by atoms with Crippen LogP contribution in [-0.2, 0) is 0 Å². The van der Waals surface area contributed by atoms with Crippen molar-refractivity contribution in [3.05, 3.63) is 76.5 Å². The van der Waals surface area contributed by atoms with Crippen LogP contribution in [-0.4, -0.2) is 27.1 Å². The molecule has 0 fully saturated rings. The van der Waals surface area contributed by atoms with Crippen LogP contribution in [0.2, 0.25) is 0 Å². The Bertz CT molecular complexity index is 766. The van der Waals surface area contributed by atoms with Crippen LogP contribution in [0.5, 0.6) is 5.75 Å². The Morgan fingerprint density at radius 3 is 2.67 bits per heavy atom. The van der Waals surface area contributed by atoms with Crippen LogP contribution < -0.4 is 10.3 Å². The van der Waals surface area contributed by atoms with Crippen LogP contribution in [0.4, 0.5) is 0 Å². The number of H-pyrrole nitrogens is 1. The number of hydrogen-bond donors (Lipinski definition) is 1. The van der Waals surface area contributed by atoms with Crippen molar-refractivity contribution in [2.75, 3.05) is 7.11 Å². The minimum atomic E-state index is -0.354. The minimum absolute atomic E-state index is 0.211. The SMILES string of the molecule is COc1cccn(C(c2ccccc2)c2cn[nH]n2)c1=O. The van der Waals surface area contributed by atoms with Gasteiger partial charge in [0.05, 0.1) is 13.3 Å². The molecule has 2 aromatic heterocycles. The molecule has 1 unspecified atom stereocenters. The summed E-state index contributed by atoms with van der Waals surface area (Å²) in [6, 6.07) is 12.7. The minimum Gasteiger partial charge on any atom is -0.491 e. The third kappa shape index (κ3) is 2.43. The van der Waals surface area contributed by atoms with E-state index in [4.69, 9.17) is 4.74 Å². The van der Waals surface area contributed by atoms with Gasteiger partial charge in [-0.1, -0.05) is 30.3 Å². The van der Waals surface area contributed by atoms with Gasteiger partial charge >= 0.3 is 0 Å². The number of nitrogens with zero attached hydrogens (tertiary/aromatic N) is 3. The molecule has 2 heterocycles. The molecule has 3 aromatic rings. The van der Waals surface area contributed by atoms with Crippen molar-refractivity contribution in [3.8, 4) is 5.75 Å². The summed E-state index contributed by atoms with van der Waals surface area (Å²) < 4.78 is 6.70. The van der Waals surface area contributed by atoms with Gasteiger partial charge in [0.25, 0.3) is 5.56 Å². The lowest BCUT2D eigenvalue weighted by Gasteiger charge is -2.18. The zero-order valence-corrected chi connectivity index (χ0v) is 11.4. The molecule has 106 valence electrons. The number of pyridine rings is 1. The molecule has 0 spiro atoms. The molecule has 0 saturated carbocycles. The normalized spacial score (nSPS) is 12.0. The molecule has 3 rings (SSSR count). The van der Waals surface area contributed by atoms with Crippen molar-refractivity contribution in [2.24, 2.45) is 0 Å². The lowest BCUT2D eigenvalue weighted by atomic mass is 10.0. The van der Waals surface area contributed by atoms with E-state index in [9.17, 15) is 4.79 Å². The second-order valence-electron chi connectivity index (χ2n) is 4.50. The van der Waals surface area contributed by atoms with Gasteiger partial charge in [0.15, 0.2) is 5.75 Å². The second-order valence-corrected chi connectivity index (χ2v) is 4.50. The first-order valence-electron chi connectivity index (χ1n) is 6.47. The molecule has 0 aliphatic rings. The Labute approximate surface area is 121 Å². The zero-order chi connectivity index (χ0) is 14.7. The average molecular weight is 282 g/mol. The first-order chi connectivity index (χ1) is 10.3. The van der Waals surface area contributed by atoms with Crippen LogP contribution in [0.1, 0.15) is 17.3 Å². The van der Waals surface area contributed by atoms with Crippen LogP contribution in [0.15, 0.2) is 59.7 Å². The van der Waals surface area contributed by atoms with Crippen LogP contribution in [0, 0.1) is 0 Å². The molecule has 0 aliphatic heterocycles. The molecule has 0 saturated heterocycles. The number of aromatic nitrogens is 4. The largest absolute Gasteiger partial charge is 0.491 e. The fourth-order valence-electron chi connectivity index (χ4n) is 2.30. The van der Waals surface area contributed by atoms with Gasteiger partial charge in [-0.15, -0.1) is 0 Å². The molecule has 6 nitrogen and oxygen atoms in total. The van der Waals surface area contributed by atoms with Crippen molar-refractivity contribution in [1.29, 1.82) is 0 Å². The summed E-state index contributed by atoms with van der Waals surface area (Å²) in [5.74, 6) is 0.293. The molecule has 0 radical (unpaired) electrons. The summed E-state index contributed by atoms with van der Waals surface area (Å²) in [5.41, 5.74) is 1.40. The van der Waals surface area contributed by atoms with E-state index in [0.29, 0.717) is 11.4 Å². The zero-order valence-electron chi connectivity index (χ0n) is 11.4. The molecular formula is C15H14N4O2. The lowest BCUT2D eigenvalue weighted by molar-refractivity contribution is 0.401. The molecule has 1 atom stereocenters. The molecule has 0 aliphatic carbocycles. The van der Waals surface area contributed by atoms with Crippen molar-refractivity contribution in [3.63, 3.8) is 0 Å². The van der Waals surface area contributed by atoms with Crippen molar-refractivity contribution >= 4 is 0 Å². The Kier molecular flexibility index (Phi) is 3.51. The molecule has 6 heteroatoms. The van der Waals surface area contributed by atoms with E-state index in [-0.39, 0.29) is 11.6 Å². The Hall–Kier alpha value is -2.89. The monoisotopic (exact) mass is 282 g/mol. The highest BCUT2D eigenvalue weighted by Gasteiger charge is 2.20. The van der Waals surface area contributed by atoms with E-state index in [0.717, 1.165) is 5.56 Å². The second kappa shape index (κ2) is 5.62. The van der Waals surface area contributed by atoms with E-state index < -0.39 is 0 Å². The van der Waals surface area contributed by atoms with Gasteiger partial charge in [-0.2, -0.15) is 15.4 Å². The smallest absolute Gasteiger partial charge is 0.293 e. The van der Waals surface area contributed by atoms with E-state index in [1.54, 1.807) is 29.1 Å². The maximum absolute atomic E-state index is 12.5. The van der Waals surface area contributed by atoms with Gasteiger partial charge in [-0.3, -0.25) is 9.36 Å². The fraction of sp³-hybridized carbons (Fsp3) is 0.133. The first kappa shape index (κ1) is 13.1. The molecule has 1 aromatic carbocycles. The van der Waals surface area contributed by atoms with Crippen molar-refractivity contribution in [1.82, 2.24) is 20.0 Å². The van der Waals surface area contributed by atoms with E-state index in [1.165, 1.54) is 7.11 Å². The number of hydrogen-bond acceptors (Lipinski definition) is 4. The van der Waals surface area contributed by atoms with Crippen LogP contribution in [0.25, 0.3) is 0 Å². The Morgan fingerprint density at radius 2 is 2.00 bits per heavy atom. The number of methoxy groups -OCH3 is 1. The topological polar surface area (TPSA) is 72.8 Å². The highest BCUT2D eigenvalue weighted by Crippen LogP contribution is 2.23. The average Bonchev–Trinajstić information content (AvgIpc) is 3.04. The predicted molar refractivity (Wildman–Crippen MR) is 77.3 cm³/mol. The predicted octanol–water partition coefficient (Wildman–Crippen LogP) is 1.61. The third-order valence-corrected chi connectivity index (χ3v) is 3.27. The molecular weight excluding hydrogens is 268 g/mol. The highest BCUT2D eigenvalue weighted by molar-refractivity contribution is 5.29. The number of rotatable bonds is 4. The molecule has 21 heavy (non-hydrogen) atoms. The number of ether oxygens (including phenoxy) is 1. The van der Waals surface area contributed by atoms with E-state index >= 15 is 0 Å². The van der Waals surface area contributed by atoms with Crippen LogP contribution in [0.3, 0.4) is 0 Å². The van der Waals surface area contributed by atoms with Gasteiger partial charge in [0.2, 0.25) is 0 Å². The van der Waals surface area contributed by atoms with Crippen molar-refractivity contribution < 1.29 is 4.74 Å². The summed E-state index contributed by atoms with van der Waals surface area (Å²) in [4.78, 5) is 12.5. The van der Waals surface area contributed by atoms with Gasteiger partial charge in [-0.05, 0) is 17.7 Å². The molecule has 0 amide bonds. The number of benzene rings is 1. The quantitative estimate of drug-likeness (QED) is 0.789.